The number of aromatic nitrogens is 4. The second-order valence-corrected chi connectivity index (χ2v) is 7.48. The largest absolute Gasteiger partial charge is 0.382 e. The molecule has 0 aliphatic carbocycles. The van der Waals surface area contributed by atoms with E-state index in [-0.39, 0.29) is 0 Å². The highest BCUT2D eigenvalue weighted by atomic mass is 32.1. The van der Waals surface area contributed by atoms with E-state index in [1.54, 1.807) is 23.9 Å². The molecule has 7 heteroatoms. The van der Waals surface area contributed by atoms with E-state index in [4.69, 9.17) is 0 Å². The molecule has 1 saturated heterocycles. The van der Waals surface area contributed by atoms with Crippen molar-refractivity contribution >= 4 is 27.4 Å². The molecule has 24 heavy (non-hydrogen) atoms. The van der Waals surface area contributed by atoms with E-state index in [1.807, 2.05) is 17.8 Å². The van der Waals surface area contributed by atoms with Crippen LogP contribution < -0.4 is 4.90 Å². The second kappa shape index (κ2) is 5.82. The summed E-state index contributed by atoms with van der Waals surface area (Å²) in [4.78, 5) is 17.9. The van der Waals surface area contributed by atoms with Crippen LogP contribution in [0.1, 0.15) is 30.5 Å². The van der Waals surface area contributed by atoms with Crippen LogP contribution in [0, 0.1) is 0 Å². The third kappa shape index (κ3) is 2.48. The zero-order chi connectivity index (χ0) is 16.7. The Labute approximate surface area is 144 Å². The number of anilines is 1. The van der Waals surface area contributed by atoms with Gasteiger partial charge in [0.25, 0.3) is 0 Å². The number of piperidine rings is 1. The van der Waals surface area contributed by atoms with Crippen molar-refractivity contribution in [1.82, 2.24) is 19.5 Å². The molecule has 0 radical (unpaired) electrons. The Bertz CT molecular complexity index is 863. The average molecular weight is 343 g/mol. The highest BCUT2D eigenvalue weighted by molar-refractivity contribution is 7.18. The molecule has 0 saturated carbocycles. The first-order chi connectivity index (χ1) is 11.6. The predicted molar refractivity (Wildman–Crippen MR) is 95.3 cm³/mol. The number of fused-ring (bicyclic) bond motifs is 1. The third-order valence-corrected chi connectivity index (χ3v) is 6.02. The van der Waals surface area contributed by atoms with Crippen molar-refractivity contribution in [3.05, 3.63) is 35.5 Å². The molecule has 0 atom stereocenters. The van der Waals surface area contributed by atoms with Crippen LogP contribution in [0.4, 0.5) is 5.82 Å². The van der Waals surface area contributed by atoms with Crippen molar-refractivity contribution in [2.75, 3.05) is 18.0 Å². The van der Waals surface area contributed by atoms with Gasteiger partial charge in [-0.1, -0.05) is 6.92 Å². The number of thiophene rings is 1. The number of aryl methyl sites for hydroxylation is 2. The highest BCUT2D eigenvalue weighted by Crippen LogP contribution is 2.36. The Morgan fingerprint density at radius 3 is 2.71 bits per heavy atom. The fraction of sp³-hybridized carbons (Fsp3) is 0.471. The van der Waals surface area contributed by atoms with E-state index in [1.165, 1.54) is 4.88 Å². The first-order valence-corrected chi connectivity index (χ1v) is 9.11. The fourth-order valence-electron chi connectivity index (χ4n) is 3.45. The summed E-state index contributed by atoms with van der Waals surface area (Å²) in [6.45, 7) is 3.67. The van der Waals surface area contributed by atoms with Gasteiger partial charge in [-0.25, -0.2) is 15.0 Å². The first kappa shape index (κ1) is 15.5. The van der Waals surface area contributed by atoms with Gasteiger partial charge in [-0.3, -0.25) is 0 Å². The Morgan fingerprint density at radius 1 is 1.25 bits per heavy atom. The molecular weight excluding hydrogens is 322 g/mol. The fourth-order valence-corrected chi connectivity index (χ4v) is 4.37. The number of hydrogen-bond donors (Lipinski definition) is 1. The van der Waals surface area contributed by atoms with Gasteiger partial charge in [-0.2, -0.15) is 0 Å². The maximum Gasteiger partial charge on any atom is 0.140 e. The Balaban J connectivity index is 1.60. The summed E-state index contributed by atoms with van der Waals surface area (Å²) >= 11 is 1.73. The molecule has 126 valence electrons. The normalized spacial score (nSPS) is 17.5. The Hall–Kier alpha value is -1.99. The molecular formula is C17H21N5OS. The third-order valence-electron chi connectivity index (χ3n) is 4.84. The number of aliphatic hydroxyl groups is 1. The van der Waals surface area contributed by atoms with Gasteiger partial charge in [-0.05, 0) is 12.5 Å². The van der Waals surface area contributed by atoms with Crippen LogP contribution in [-0.2, 0) is 19.1 Å². The van der Waals surface area contributed by atoms with E-state index in [0.717, 1.165) is 41.4 Å². The smallest absolute Gasteiger partial charge is 0.140 e. The minimum Gasteiger partial charge on any atom is -0.382 e. The Kier molecular flexibility index (Phi) is 3.77. The van der Waals surface area contributed by atoms with Gasteiger partial charge in [0.15, 0.2) is 0 Å². The summed E-state index contributed by atoms with van der Waals surface area (Å²) < 4.78 is 1.91. The van der Waals surface area contributed by atoms with Crippen LogP contribution in [0.2, 0.25) is 0 Å². The van der Waals surface area contributed by atoms with Gasteiger partial charge in [0.1, 0.15) is 28.4 Å². The van der Waals surface area contributed by atoms with E-state index in [2.05, 4.69) is 32.8 Å². The molecule has 3 aromatic rings. The molecule has 0 unspecified atom stereocenters. The SMILES string of the molecule is CCc1cc2c(N3CCC(O)(c4nccn4C)CC3)ncnc2s1. The van der Waals surface area contributed by atoms with Crippen molar-refractivity contribution in [1.29, 1.82) is 0 Å². The first-order valence-electron chi connectivity index (χ1n) is 8.29. The zero-order valence-corrected chi connectivity index (χ0v) is 14.8. The number of imidazole rings is 1. The van der Waals surface area contributed by atoms with Gasteiger partial charge >= 0.3 is 0 Å². The summed E-state index contributed by atoms with van der Waals surface area (Å²) in [6.07, 6.45) is 7.57. The average Bonchev–Trinajstić information content (AvgIpc) is 3.21. The maximum atomic E-state index is 11.0. The van der Waals surface area contributed by atoms with E-state index in [9.17, 15) is 5.11 Å². The van der Waals surface area contributed by atoms with Crippen molar-refractivity contribution < 1.29 is 5.11 Å². The number of nitrogens with zero attached hydrogens (tertiary/aromatic N) is 5. The zero-order valence-electron chi connectivity index (χ0n) is 13.9. The molecule has 1 N–H and O–H groups in total. The van der Waals surface area contributed by atoms with Gasteiger partial charge in [0, 0.05) is 50.2 Å². The topological polar surface area (TPSA) is 67.1 Å². The van der Waals surface area contributed by atoms with Crippen molar-refractivity contribution in [2.24, 2.45) is 7.05 Å². The second-order valence-electron chi connectivity index (χ2n) is 6.36. The van der Waals surface area contributed by atoms with E-state index in [0.29, 0.717) is 12.8 Å². The highest BCUT2D eigenvalue weighted by Gasteiger charge is 2.37. The lowest BCUT2D eigenvalue weighted by Gasteiger charge is -2.38. The van der Waals surface area contributed by atoms with Gasteiger partial charge in [-0.15, -0.1) is 11.3 Å². The standard InChI is InChI=1S/C17H21N5OS/c1-3-12-10-13-14(19-11-20-15(13)24-12)22-7-4-17(23,5-8-22)16-18-6-9-21(16)2/h6,9-11,23H,3-5,7-8H2,1-2H3. The Morgan fingerprint density at radius 2 is 2.04 bits per heavy atom. The van der Waals surface area contributed by atoms with Crippen LogP contribution in [-0.4, -0.2) is 37.7 Å². The number of hydrogen-bond acceptors (Lipinski definition) is 6. The van der Waals surface area contributed by atoms with Gasteiger partial charge < -0.3 is 14.6 Å². The molecule has 1 aliphatic heterocycles. The molecule has 0 aromatic carbocycles. The van der Waals surface area contributed by atoms with Crippen LogP contribution in [0.5, 0.6) is 0 Å². The van der Waals surface area contributed by atoms with Crippen molar-refractivity contribution in [3.63, 3.8) is 0 Å². The monoisotopic (exact) mass is 343 g/mol. The van der Waals surface area contributed by atoms with Crippen LogP contribution in [0.25, 0.3) is 10.2 Å². The molecule has 1 aliphatic rings. The molecule has 4 heterocycles. The van der Waals surface area contributed by atoms with Crippen molar-refractivity contribution in [2.45, 2.75) is 31.8 Å². The molecule has 1 fully saturated rings. The summed E-state index contributed by atoms with van der Waals surface area (Å²) in [7, 11) is 1.93. The molecule has 0 spiro atoms. The predicted octanol–water partition coefficient (Wildman–Crippen LogP) is 2.48. The summed E-state index contributed by atoms with van der Waals surface area (Å²) in [5.74, 6) is 1.73. The molecule has 0 bridgehead atoms. The van der Waals surface area contributed by atoms with Crippen LogP contribution in [0.3, 0.4) is 0 Å². The summed E-state index contributed by atoms with van der Waals surface area (Å²) in [5, 5.41) is 12.1. The van der Waals surface area contributed by atoms with Crippen LogP contribution >= 0.6 is 11.3 Å². The van der Waals surface area contributed by atoms with E-state index < -0.39 is 5.60 Å². The minimum absolute atomic E-state index is 0.647. The minimum atomic E-state index is -0.857. The van der Waals surface area contributed by atoms with Crippen molar-refractivity contribution in [3.8, 4) is 0 Å². The molecule has 6 nitrogen and oxygen atoms in total. The van der Waals surface area contributed by atoms with Gasteiger partial charge in [0.2, 0.25) is 0 Å². The number of rotatable bonds is 3. The van der Waals surface area contributed by atoms with Crippen LogP contribution in [0.15, 0.2) is 24.8 Å². The lowest BCUT2D eigenvalue weighted by molar-refractivity contribution is 0.000712. The van der Waals surface area contributed by atoms with E-state index >= 15 is 0 Å². The quantitative estimate of drug-likeness (QED) is 0.791. The maximum absolute atomic E-state index is 11.0. The molecule has 4 rings (SSSR count). The molecule has 3 aromatic heterocycles. The summed E-state index contributed by atoms with van der Waals surface area (Å²) in [5.41, 5.74) is -0.857. The summed E-state index contributed by atoms with van der Waals surface area (Å²) in [6, 6.07) is 2.20. The van der Waals surface area contributed by atoms with Gasteiger partial charge in [0.05, 0.1) is 5.39 Å². The molecule has 0 amide bonds. The lowest BCUT2D eigenvalue weighted by atomic mass is 9.90. The lowest BCUT2D eigenvalue weighted by Crippen LogP contribution is -2.44.